The molecule has 1 rings (SSSR count). The first-order chi connectivity index (χ1) is 8.67. The van der Waals surface area contributed by atoms with E-state index >= 15 is 0 Å². The van der Waals surface area contributed by atoms with Crippen LogP contribution in [0.5, 0.6) is 0 Å². The smallest absolute Gasteiger partial charge is 0.0462 e. The van der Waals surface area contributed by atoms with E-state index in [1.807, 2.05) is 18.2 Å². The Morgan fingerprint density at radius 3 is 2.78 bits per heavy atom. The average Bonchev–Trinajstić information content (AvgIpc) is 2.32. The summed E-state index contributed by atoms with van der Waals surface area (Å²) in [7, 11) is 0. The molecule has 2 nitrogen and oxygen atoms in total. The highest BCUT2D eigenvalue weighted by Gasteiger charge is 2.07. The third-order valence-electron chi connectivity index (χ3n) is 3.00. The number of halogens is 2. The van der Waals surface area contributed by atoms with Crippen LogP contribution in [0.3, 0.4) is 0 Å². The summed E-state index contributed by atoms with van der Waals surface area (Å²) < 4.78 is 1.00. The molecule has 102 valence electrons. The van der Waals surface area contributed by atoms with Crippen molar-refractivity contribution in [1.29, 1.82) is 0 Å². The van der Waals surface area contributed by atoms with Crippen molar-refractivity contribution in [2.75, 3.05) is 13.2 Å². The molecular formula is C14H21BrClNO. The normalized spacial score (nSPS) is 12.7. The molecule has 0 saturated heterocycles. The Hall–Kier alpha value is -0.0900. The molecular weight excluding hydrogens is 314 g/mol. The van der Waals surface area contributed by atoms with Gasteiger partial charge in [0.25, 0.3) is 0 Å². The highest BCUT2D eigenvalue weighted by atomic mass is 79.9. The fourth-order valence-corrected chi connectivity index (χ4v) is 2.76. The van der Waals surface area contributed by atoms with Crippen molar-refractivity contribution in [3.8, 4) is 0 Å². The molecule has 0 aromatic heterocycles. The fourth-order valence-electron chi connectivity index (χ4n) is 2.02. The van der Waals surface area contributed by atoms with Gasteiger partial charge in [-0.2, -0.15) is 0 Å². The van der Waals surface area contributed by atoms with E-state index in [4.69, 9.17) is 16.7 Å². The first kappa shape index (κ1) is 16.0. The maximum absolute atomic E-state index is 9.00. The van der Waals surface area contributed by atoms with Crippen LogP contribution in [0, 0.1) is 5.92 Å². The first-order valence-corrected chi connectivity index (χ1v) is 7.60. The van der Waals surface area contributed by atoms with Gasteiger partial charge in [0, 0.05) is 22.6 Å². The molecule has 0 aliphatic heterocycles. The summed E-state index contributed by atoms with van der Waals surface area (Å²) in [6.45, 7) is 4.15. The third-order valence-corrected chi connectivity index (χ3v) is 3.84. The Balaban J connectivity index is 2.39. The lowest BCUT2D eigenvalue weighted by molar-refractivity contribution is 0.248. The number of hydrogen-bond acceptors (Lipinski definition) is 2. The molecule has 18 heavy (non-hydrogen) atoms. The van der Waals surface area contributed by atoms with Crippen molar-refractivity contribution >= 4 is 27.5 Å². The van der Waals surface area contributed by atoms with Gasteiger partial charge >= 0.3 is 0 Å². The SMILES string of the molecule is CCCC(CCO)CNCc1ccc(Br)cc1Cl. The number of nitrogens with one attached hydrogen (secondary N) is 1. The quantitative estimate of drug-likeness (QED) is 0.753. The van der Waals surface area contributed by atoms with Gasteiger partial charge < -0.3 is 10.4 Å². The molecule has 0 bridgehead atoms. The zero-order valence-electron chi connectivity index (χ0n) is 10.8. The molecule has 0 saturated carbocycles. The van der Waals surface area contributed by atoms with E-state index in [2.05, 4.69) is 28.2 Å². The molecule has 2 N–H and O–H groups in total. The molecule has 0 heterocycles. The third kappa shape index (κ3) is 5.70. The Bertz CT molecular complexity index is 354. The molecule has 4 heteroatoms. The zero-order valence-corrected chi connectivity index (χ0v) is 13.1. The number of benzene rings is 1. The topological polar surface area (TPSA) is 32.3 Å². The molecule has 0 amide bonds. The van der Waals surface area contributed by atoms with Crippen molar-refractivity contribution in [2.24, 2.45) is 5.92 Å². The second-order valence-corrected chi connectivity index (χ2v) is 5.86. The fraction of sp³-hybridized carbons (Fsp3) is 0.571. The van der Waals surface area contributed by atoms with E-state index in [0.717, 1.165) is 47.4 Å². The van der Waals surface area contributed by atoms with Crippen molar-refractivity contribution in [3.63, 3.8) is 0 Å². The standard InChI is InChI=1S/C14H21BrClNO/c1-2-3-11(6-7-18)9-17-10-12-4-5-13(15)8-14(12)16/h4-5,8,11,17-18H,2-3,6-7,9-10H2,1H3. The number of aliphatic hydroxyl groups is 1. The lowest BCUT2D eigenvalue weighted by Gasteiger charge is -2.16. The minimum absolute atomic E-state index is 0.269. The van der Waals surface area contributed by atoms with Gasteiger partial charge in [-0.05, 0) is 43.0 Å². The maximum Gasteiger partial charge on any atom is 0.0462 e. The second-order valence-electron chi connectivity index (χ2n) is 4.53. The van der Waals surface area contributed by atoms with Crippen LogP contribution in [-0.4, -0.2) is 18.3 Å². The van der Waals surface area contributed by atoms with E-state index in [-0.39, 0.29) is 6.61 Å². The monoisotopic (exact) mass is 333 g/mol. The van der Waals surface area contributed by atoms with Gasteiger partial charge in [0.1, 0.15) is 0 Å². The number of rotatable bonds is 8. The van der Waals surface area contributed by atoms with E-state index in [9.17, 15) is 0 Å². The molecule has 1 aromatic carbocycles. The minimum atomic E-state index is 0.269. The van der Waals surface area contributed by atoms with E-state index in [1.165, 1.54) is 0 Å². The van der Waals surface area contributed by atoms with E-state index in [1.54, 1.807) is 0 Å². The van der Waals surface area contributed by atoms with Gasteiger partial charge in [-0.3, -0.25) is 0 Å². The van der Waals surface area contributed by atoms with E-state index < -0.39 is 0 Å². The van der Waals surface area contributed by atoms with Gasteiger partial charge in [0.15, 0.2) is 0 Å². The molecule has 0 aliphatic rings. The van der Waals surface area contributed by atoms with Crippen LogP contribution in [0.1, 0.15) is 31.7 Å². The number of hydrogen-bond donors (Lipinski definition) is 2. The van der Waals surface area contributed by atoms with Crippen LogP contribution >= 0.6 is 27.5 Å². The summed E-state index contributed by atoms with van der Waals surface area (Å²) in [6.07, 6.45) is 3.18. The number of aliphatic hydroxyl groups excluding tert-OH is 1. The van der Waals surface area contributed by atoms with Crippen LogP contribution in [0.25, 0.3) is 0 Å². The molecule has 0 fully saturated rings. The van der Waals surface area contributed by atoms with Gasteiger partial charge in [-0.1, -0.05) is 46.9 Å². The van der Waals surface area contributed by atoms with Crippen LogP contribution < -0.4 is 5.32 Å². The Labute approximate surface area is 123 Å². The van der Waals surface area contributed by atoms with Crippen molar-refractivity contribution in [3.05, 3.63) is 33.3 Å². The summed E-state index contributed by atoms with van der Waals surface area (Å²) in [4.78, 5) is 0. The molecule has 1 aromatic rings. The lowest BCUT2D eigenvalue weighted by Crippen LogP contribution is -2.23. The predicted molar refractivity (Wildman–Crippen MR) is 81.0 cm³/mol. The maximum atomic E-state index is 9.00. The highest BCUT2D eigenvalue weighted by Crippen LogP contribution is 2.21. The molecule has 0 spiro atoms. The average molecular weight is 335 g/mol. The summed E-state index contributed by atoms with van der Waals surface area (Å²) in [5, 5.41) is 13.2. The second kappa shape index (κ2) is 8.92. The van der Waals surface area contributed by atoms with Crippen molar-refractivity contribution in [1.82, 2.24) is 5.32 Å². The van der Waals surface area contributed by atoms with Gasteiger partial charge in [-0.15, -0.1) is 0 Å². The Morgan fingerprint density at radius 1 is 1.39 bits per heavy atom. The molecule has 1 unspecified atom stereocenters. The summed E-state index contributed by atoms with van der Waals surface area (Å²) >= 11 is 9.55. The van der Waals surface area contributed by atoms with Crippen LogP contribution in [0.4, 0.5) is 0 Å². The highest BCUT2D eigenvalue weighted by molar-refractivity contribution is 9.10. The Kier molecular flexibility index (Phi) is 7.91. The minimum Gasteiger partial charge on any atom is -0.396 e. The van der Waals surface area contributed by atoms with E-state index in [0.29, 0.717) is 5.92 Å². The summed E-state index contributed by atoms with van der Waals surface area (Å²) in [6, 6.07) is 5.94. The molecule has 1 atom stereocenters. The van der Waals surface area contributed by atoms with Crippen LogP contribution in [0.15, 0.2) is 22.7 Å². The van der Waals surface area contributed by atoms with Crippen molar-refractivity contribution in [2.45, 2.75) is 32.7 Å². The van der Waals surface area contributed by atoms with Gasteiger partial charge in [0.2, 0.25) is 0 Å². The van der Waals surface area contributed by atoms with Crippen LogP contribution in [-0.2, 0) is 6.54 Å². The summed E-state index contributed by atoms with van der Waals surface area (Å²) in [5.74, 6) is 0.550. The van der Waals surface area contributed by atoms with Gasteiger partial charge in [-0.25, -0.2) is 0 Å². The summed E-state index contributed by atoms with van der Waals surface area (Å²) in [5.41, 5.74) is 1.11. The largest absolute Gasteiger partial charge is 0.396 e. The van der Waals surface area contributed by atoms with Crippen LogP contribution in [0.2, 0.25) is 5.02 Å². The Morgan fingerprint density at radius 2 is 2.17 bits per heavy atom. The lowest BCUT2D eigenvalue weighted by atomic mass is 10.0. The van der Waals surface area contributed by atoms with Gasteiger partial charge in [0.05, 0.1) is 0 Å². The van der Waals surface area contributed by atoms with Crippen molar-refractivity contribution < 1.29 is 5.11 Å². The zero-order chi connectivity index (χ0) is 13.4. The molecule has 0 radical (unpaired) electrons. The first-order valence-electron chi connectivity index (χ1n) is 6.42. The predicted octanol–water partition coefficient (Wildman–Crippen LogP) is 3.99. The molecule has 0 aliphatic carbocycles.